The van der Waals surface area contributed by atoms with Gasteiger partial charge in [0.25, 0.3) is 5.56 Å². The van der Waals surface area contributed by atoms with Crippen LogP contribution in [-0.2, 0) is 17.9 Å². The molecule has 7 nitrogen and oxygen atoms in total. The lowest BCUT2D eigenvalue weighted by atomic mass is 10.2. The highest BCUT2D eigenvalue weighted by atomic mass is 35.5. The standard InChI is InChI=1S/C22H19ClN4O3S2/c1-2-31-21-25-19-18(32-21)20(29)27(15-9-4-3-5-10-15)22(30)26(19)13-17(28)24-12-14-8-6-7-11-16(14)23/h3-11H,2,12-13H2,1H3,(H,24,28). The first-order valence-corrected chi connectivity index (χ1v) is 12.0. The maximum absolute atomic E-state index is 13.3. The fourth-order valence-electron chi connectivity index (χ4n) is 3.18. The number of nitrogens with one attached hydrogen (secondary N) is 1. The molecule has 0 radical (unpaired) electrons. The van der Waals surface area contributed by atoms with Gasteiger partial charge in [0.1, 0.15) is 11.2 Å². The minimum absolute atomic E-state index is 0.223. The summed E-state index contributed by atoms with van der Waals surface area (Å²) in [7, 11) is 0. The van der Waals surface area contributed by atoms with E-state index in [1.165, 1.54) is 27.7 Å². The van der Waals surface area contributed by atoms with Gasteiger partial charge in [-0.25, -0.2) is 14.3 Å². The number of para-hydroxylation sites is 1. The van der Waals surface area contributed by atoms with Crippen molar-refractivity contribution in [1.29, 1.82) is 0 Å². The Kier molecular flexibility index (Phi) is 6.78. The molecule has 2 heterocycles. The van der Waals surface area contributed by atoms with Crippen LogP contribution in [0.1, 0.15) is 12.5 Å². The van der Waals surface area contributed by atoms with Gasteiger partial charge in [-0.15, -0.1) is 11.3 Å². The second-order valence-corrected chi connectivity index (χ2v) is 9.70. The van der Waals surface area contributed by atoms with Crippen molar-refractivity contribution in [3.8, 4) is 5.69 Å². The largest absolute Gasteiger partial charge is 0.350 e. The second kappa shape index (κ2) is 9.72. The highest BCUT2D eigenvalue weighted by Crippen LogP contribution is 2.27. The van der Waals surface area contributed by atoms with Gasteiger partial charge in [0.05, 0.1) is 5.69 Å². The van der Waals surface area contributed by atoms with Gasteiger partial charge in [-0.05, 0) is 29.5 Å². The molecule has 0 saturated carbocycles. The number of halogens is 1. The van der Waals surface area contributed by atoms with Crippen LogP contribution in [0.25, 0.3) is 16.0 Å². The molecule has 32 heavy (non-hydrogen) atoms. The van der Waals surface area contributed by atoms with Crippen LogP contribution in [0.5, 0.6) is 0 Å². The van der Waals surface area contributed by atoms with Crippen molar-refractivity contribution < 1.29 is 4.79 Å². The van der Waals surface area contributed by atoms with Crippen LogP contribution in [0.4, 0.5) is 0 Å². The predicted molar refractivity (Wildman–Crippen MR) is 129 cm³/mol. The van der Waals surface area contributed by atoms with E-state index in [2.05, 4.69) is 10.3 Å². The number of thioether (sulfide) groups is 1. The van der Waals surface area contributed by atoms with Crippen molar-refractivity contribution in [1.82, 2.24) is 19.4 Å². The van der Waals surface area contributed by atoms with Crippen molar-refractivity contribution in [3.63, 3.8) is 0 Å². The number of hydrogen-bond donors (Lipinski definition) is 1. The zero-order valence-corrected chi connectivity index (χ0v) is 19.5. The van der Waals surface area contributed by atoms with E-state index in [4.69, 9.17) is 11.6 Å². The fraction of sp³-hybridized carbons (Fsp3) is 0.182. The molecular weight excluding hydrogens is 468 g/mol. The molecular formula is C22H19ClN4O3S2. The van der Waals surface area contributed by atoms with E-state index in [0.29, 0.717) is 19.7 Å². The Labute approximate surface area is 196 Å². The van der Waals surface area contributed by atoms with Gasteiger partial charge >= 0.3 is 5.69 Å². The van der Waals surface area contributed by atoms with Gasteiger partial charge in [0.2, 0.25) is 5.91 Å². The lowest BCUT2D eigenvalue weighted by molar-refractivity contribution is -0.121. The molecule has 0 atom stereocenters. The van der Waals surface area contributed by atoms with Gasteiger partial charge in [-0.2, -0.15) is 0 Å². The molecule has 1 N–H and O–H groups in total. The molecule has 0 aliphatic rings. The Bertz CT molecular complexity index is 1400. The third-order valence-electron chi connectivity index (χ3n) is 4.68. The van der Waals surface area contributed by atoms with Crippen LogP contribution >= 0.6 is 34.7 Å². The van der Waals surface area contributed by atoms with Crippen LogP contribution in [0.15, 0.2) is 68.5 Å². The van der Waals surface area contributed by atoms with Gasteiger partial charge in [0, 0.05) is 11.6 Å². The molecule has 0 saturated heterocycles. The maximum atomic E-state index is 13.3. The highest BCUT2D eigenvalue weighted by molar-refractivity contribution is 8.01. The van der Waals surface area contributed by atoms with Gasteiger partial charge < -0.3 is 5.32 Å². The normalized spacial score (nSPS) is 11.1. The van der Waals surface area contributed by atoms with E-state index in [-0.39, 0.29) is 24.6 Å². The SMILES string of the molecule is CCSc1nc2c(s1)c(=O)n(-c1ccccc1)c(=O)n2CC(=O)NCc1ccccc1Cl. The van der Waals surface area contributed by atoms with Crippen molar-refractivity contribution >= 4 is 51.0 Å². The van der Waals surface area contributed by atoms with Crippen LogP contribution < -0.4 is 16.6 Å². The Morgan fingerprint density at radius 1 is 1.12 bits per heavy atom. The number of benzene rings is 2. The molecule has 0 aliphatic carbocycles. The zero-order chi connectivity index (χ0) is 22.7. The average molecular weight is 487 g/mol. The summed E-state index contributed by atoms with van der Waals surface area (Å²) in [5.74, 6) is 0.388. The number of carbonyl (C=O) groups is 1. The van der Waals surface area contributed by atoms with E-state index in [9.17, 15) is 14.4 Å². The van der Waals surface area contributed by atoms with E-state index in [0.717, 1.165) is 15.9 Å². The minimum Gasteiger partial charge on any atom is -0.350 e. The minimum atomic E-state index is -0.611. The first-order valence-electron chi connectivity index (χ1n) is 9.84. The summed E-state index contributed by atoms with van der Waals surface area (Å²) in [6.07, 6.45) is 0. The number of hydrogen-bond acceptors (Lipinski definition) is 6. The van der Waals surface area contributed by atoms with Gasteiger partial charge in [-0.3, -0.25) is 14.2 Å². The number of fused-ring (bicyclic) bond motifs is 1. The second-order valence-electron chi connectivity index (χ2n) is 6.78. The van der Waals surface area contributed by atoms with Crippen molar-refractivity contribution in [2.75, 3.05) is 5.75 Å². The van der Waals surface area contributed by atoms with Crippen LogP contribution in [0.3, 0.4) is 0 Å². The fourth-order valence-corrected chi connectivity index (χ4v) is 5.35. The average Bonchev–Trinajstić information content (AvgIpc) is 3.21. The first kappa shape index (κ1) is 22.3. The molecule has 4 aromatic rings. The molecule has 0 bridgehead atoms. The molecule has 10 heteroatoms. The maximum Gasteiger partial charge on any atom is 0.337 e. The summed E-state index contributed by atoms with van der Waals surface area (Å²) in [5, 5.41) is 3.33. The predicted octanol–water partition coefficient (Wildman–Crippen LogP) is 3.69. The molecule has 164 valence electrons. The molecule has 1 amide bonds. The van der Waals surface area contributed by atoms with E-state index in [1.807, 2.05) is 25.1 Å². The monoisotopic (exact) mass is 486 g/mol. The molecule has 2 aromatic carbocycles. The van der Waals surface area contributed by atoms with E-state index in [1.54, 1.807) is 36.4 Å². The van der Waals surface area contributed by atoms with Crippen molar-refractivity contribution in [2.45, 2.75) is 24.4 Å². The number of rotatable bonds is 7. The van der Waals surface area contributed by atoms with E-state index < -0.39 is 11.2 Å². The summed E-state index contributed by atoms with van der Waals surface area (Å²) in [5.41, 5.74) is 0.377. The Balaban J connectivity index is 1.75. The van der Waals surface area contributed by atoms with Crippen molar-refractivity contribution in [2.24, 2.45) is 0 Å². The first-order chi connectivity index (χ1) is 15.5. The molecule has 0 fully saturated rings. The zero-order valence-electron chi connectivity index (χ0n) is 17.1. The molecule has 0 spiro atoms. The smallest absolute Gasteiger partial charge is 0.337 e. The number of aromatic nitrogens is 3. The van der Waals surface area contributed by atoms with Crippen LogP contribution in [0.2, 0.25) is 5.02 Å². The van der Waals surface area contributed by atoms with E-state index >= 15 is 0 Å². The van der Waals surface area contributed by atoms with Crippen LogP contribution in [0, 0.1) is 0 Å². The lowest BCUT2D eigenvalue weighted by Gasteiger charge is -2.12. The Hall–Kier alpha value is -2.88. The Morgan fingerprint density at radius 3 is 2.56 bits per heavy atom. The Morgan fingerprint density at radius 2 is 1.84 bits per heavy atom. The van der Waals surface area contributed by atoms with Crippen molar-refractivity contribution in [3.05, 3.63) is 86.0 Å². The third kappa shape index (κ3) is 4.50. The van der Waals surface area contributed by atoms with Gasteiger partial charge in [0.15, 0.2) is 9.99 Å². The molecule has 4 rings (SSSR count). The summed E-state index contributed by atoms with van der Waals surface area (Å²) in [6, 6.07) is 15.9. The summed E-state index contributed by atoms with van der Waals surface area (Å²) in [4.78, 5) is 43.7. The number of amides is 1. The third-order valence-corrected chi connectivity index (χ3v) is 7.11. The summed E-state index contributed by atoms with van der Waals surface area (Å²) in [6.45, 7) is 1.93. The van der Waals surface area contributed by atoms with Crippen LogP contribution in [-0.4, -0.2) is 25.8 Å². The number of thiazole rings is 1. The molecule has 2 aromatic heterocycles. The van der Waals surface area contributed by atoms with Gasteiger partial charge in [-0.1, -0.05) is 66.7 Å². The highest BCUT2D eigenvalue weighted by Gasteiger charge is 2.20. The number of nitrogens with zero attached hydrogens (tertiary/aromatic N) is 3. The molecule has 0 aliphatic heterocycles. The molecule has 0 unspecified atom stereocenters. The summed E-state index contributed by atoms with van der Waals surface area (Å²) >= 11 is 8.87. The lowest BCUT2D eigenvalue weighted by Crippen LogP contribution is -2.41. The summed E-state index contributed by atoms with van der Waals surface area (Å²) < 4.78 is 3.35. The quantitative estimate of drug-likeness (QED) is 0.403. The number of carbonyl (C=O) groups excluding carboxylic acids is 1. The topological polar surface area (TPSA) is 86.0 Å².